The molecule has 0 fully saturated rings. The Bertz CT molecular complexity index is 920. The number of H-pyrrole nitrogens is 1. The number of para-hydroxylation sites is 1. The number of amides is 2. The van der Waals surface area contributed by atoms with Crippen LogP contribution in [0.2, 0.25) is 0 Å². The van der Waals surface area contributed by atoms with E-state index in [1.54, 1.807) is 18.2 Å². The number of rotatable bonds is 7. The maximum absolute atomic E-state index is 13.5. The highest BCUT2D eigenvalue weighted by atomic mass is 19.1. The maximum atomic E-state index is 13.5. The smallest absolute Gasteiger partial charge is 0.239 e. The Morgan fingerprint density at radius 2 is 1.69 bits per heavy atom. The summed E-state index contributed by atoms with van der Waals surface area (Å²) in [4.78, 5) is 26.9. The van der Waals surface area contributed by atoms with Gasteiger partial charge in [-0.05, 0) is 29.7 Å². The van der Waals surface area contributed by atoms with E-state index >= 15 is 0 Å². The van der Waals surface area contributed by atoms with Gasteiger partial charge in [0.1, 0.15) is 5.82 Å². The van der Waals surface area contributed by atoms with E-state index in [1.165, 1.54) is 6.07 Å². The Labute approximate surface area is 150 Å². The van der Waals surface area contributed by atoms with Crippen LogP contribution >= 0.6 is 0 Å². The van der Waals surface area contributed by atoms with Crippen molar-refractivity contribution in [2.45, 2.75) is 12.8 Å². The second-order valence-corrected chi connectivity index (χ2v) is 6.00. The molecule has 3 rings (SSSR count). The van der Waals surface area contributed by atoms with Gasteiger partial charge in [0, 0.05) is 23.6 Å². The first-order chi connectivity index (χ1) is 12.6. The fourth-order valence-corrected chi connectivity index (χ4v) is 2.79. The number of halogens is 1. The predicted octanol–water partition coefficient (Wildman–Crippen LogP) is 2.32. The molecule has 3 aromatic rings. The van der Waals surface area contributed by atoms with Gasteiger partial charge in [0.15, 0.2) is 0 Å². The Morgan fingerprint density at radius 3 is 2.54 bits per heavy atom. The van der Waals surface area contributed by atoms with E-state index in [0.29, 0.717) is 18.5 Å². The summed E-state index contributed by atoms with van der Waals surface area (Å²) in [6.45, 7) is 0.352. The van der Waals surface area contributed by atoms with Gasteiger partial charge < -0.3 is 15.6 Å². The molecule has 2 amide bonds. The van der Waals surface area contributed by atoms with Gasteiger partial charge >= 0.3 is 0 Å². The zero-order valence-corrected chi connectivity index (χ0v) is 14.2. The molecule has 5 nitrogen and oxygen atoms in total. The van der Waals surface area contributed by atoms with Gasteiger partial charge in [-0.2, -0.15) is 0 Å². The normalized spacial score (nSPS) is 10.7. The van der Waals surface area contributed by atoms with Crippen molar-refractivity contribution in [1.29, 1.82) is 0 Å². The molecule has 0 bridgehead atoms. The van der Waals surface area contributed by atoms with Crippen LogP contribution in [-0.2, 0) is 22.4 Å². The first kappa shape index (κ1) is 17.7. The molecule has 2 aromatic carbocycles. The van der Waals surface area contributed by atoms with E-state index in [0.717, 1.165) is 16.5 Å². The van der Waals surface area contributed by atoms with Crippen LogP contribution in [0.1, 0.15) is 11.1 Å². The molecular formula is C20H20FN3O2. The van der Waals surface area contributed by atoms with Gasteiger partial charge in [-0.25, -0.2) is 4.39 Å². The van der Waals surface area contributed by atoms with Crippen molar-refractivity contribution in [1.82, 2.24) is 15.6 Å². The summed E-state index contributed by atoms with van der Waals surface area (Å²) in [6.07, 6.45) is 2.54. The van der Waals surface area contributed by atoms with Crippen LogP contribution in [0, 0.1) is 5.82 Å². The van der Waals surface area contributed by atoms with Gasteiger partial charge in [-0.3, -0.25) is 9.59 Å². The van der Waals surface area contributed by atoms with Crippen LogP contribution in [-0.4, -0.2) is 29.9 Å². The molecule has 0 radical (unpaired) electrons. The van der Waals surface area contributed by atoms with E-state index < -0.39 is 5.82 Å². The number of benzene rings is 2. The summed E-state index contributed by atoms with van der Waals surface area (Å²) >= 11 is 0. The number of aromatic nitrogens is 1. The quantitative estimate of drug-likeness (QED) is 0.610. The molecule has 0 aliphatic rings. The minimum atomic E-state index is -0.425. The van der Waals surface area contributed by atoms with Crippen LogP contribution in [0.3, 0.4) is 0 Å². The molecule has 3 N–H and O–H groups in total. The third-order valence-corrected chi connectivity index (χ3v) is 4.15. The molecule has 1 aromatic heterocycles. The molecule has 0 saturated carbocycles. The fourth-order valence-electron chi connectivity index (χ4n) is 2.79. The number of hydrogen-bond acceptors (Lipinski definition) is 2. The lowest BCUT2D eigenvalue weighted by molar-refractivity contribution is -0.125. The monoisotopic (exact) mass is 353 g/mol. The molecule has 6 heteroatoms. The van der Waals surface area contributed by atoms with Crippen molar-refractivity contribution in [3.63, 3.8) is 0 Å². The van der Waals surface area contributed by atoms with Crippen LogP contribution < -0.4 is 10.6 Å². The second-order valence-electron chi connectivity index (χ2n) is 6.00. The average Bonchev–Trinajstić information content (AvgIpc) is 3.05. The molecule has 134 valence electrons. The van der Waals surface area contributed by atoms with E-state index in [9.17, 15) is 14.0 Å². The van der Waals surface area contributed by atoms with Gasteiger partial charge in [0.2, 0.25) is 11.8 Å². The van der Waals surface area contributed by atoms with E-state index in [2.05, 4.69) is 15.6 Å². The molecule has 0 aliphatic heterocycles. The molecule has 0 saturated heterocycles. The Balaban J connectivity index is 1.40. The number of carbonyl (C=O) groups excluding carboxylic acids is 2. The summed E-state index contributed by atoms with van der Waals surface area (Å²) in [6, 6.07) is 14.1. The Kier molecular flexibility index (Phi) is 5.63. The predicted molar refractivity (Wildman–Crippen MR) is 98.1 cm³/mol. The number of aromatic amines is 1. The minimum absolute atomic E-state index is 0.0880. The molecule has 26 heavy (non-hydrogen) atoms. The number of hydrogen-bond donors (Lipinski definition) is 3. The molecule has 0 aliphatic carbocycles. The van der Waals surface area contributed by atoms with Gasteiger partial charge in [-0.1, -0.05) is 36.4 Å². The van der Waals surface area contributed by atoms with Crippen molar-refractivity contribution in [2.24, 2.45) is 0 Å². The highest BCUT2D eigenvalue weighted by Gasteiger charge is 2.09. The summed E-state index contributed by atoms with van der Waals surface area (Å²) in [5, 5.41) is 6.42. The molecular weight excluding hydrogens is 333 g/mol. The molecule has 0 atom stereocenters. The first-order valence-corrected chi connectivity index (χ1v) is 8.45. The zero-order chi connectivity index (χ0) is 18.4. The van der Waals surface area contributed by atoms with E-state index in [1.807, 2.05) is 30.5 Å². The van der Waals surface area contributed by atoms with Crippen LogP contribution in [0.25, 0.3) is 10.9 Å². The third-order valence-electron chi connectivity index (χ3n) is 4.15. The number of fused-ring (bicyclic) bond motifs is 1. The lowest BCUT2D eigenvalue weighted by Crippen LogP contribution is -2.38. The second kappa shape index (κ2) is 8.29. The summed E-state index contributed by atoms with van der Waals surface area (Å²) in [7, 11) is 0. The summed E-state index contributed by atoms with van der Waals surface area (Å²) < 4.78 is 13.5. The molecule has 1 heterocycles. The standard InChI is InChI=1S/C20H20FN3O2/c21-17-7-3-1-5-14(17)11-19(25)24-13-20(26)22-10-9-15-12-23-18-8-4-2-6-16(15)18/h1-8,12,23H,9-11,13H2,(H,22,26)(H,24,25). The van der Waals surface area contributed by atoms with Crippen LogP contribution in [0.15, 0.2) is 54.7 Å². The minimum Gasteiger partial charge on any atom is -0.361 e. The molecule has 0 spiro atoms. The van der Waals surface area contributed by atoms with Crippen molar-refractivity contribution in [2.75, 3.05) is 13.1 Å². The first-order valence-electron chi connectivity index (χ1n) is 8.45. The summed E-state index contributed by atoms with van der Waals surface area (Å²) in [5.41, 5.74) is 2.50. The largest absolute Gasteiger partial charge is 0.361 e. The number of nitrogens with one attached hydrogen (secondary N) is 3. The summed E-state index contributed by atoms with van der Waals surface area (Å²) in [5.74, 6) is -1.08. The van der Waals surface area contributed by atoms with Crippen LogP contribution in [0.5, 0.6) is 0 Å². The highest BCUT2D eigenvalue weighted by molar-refractivity contribution is 5.86. The Hall–Kier alpha value is -3.15. The Morgan fingerprint density at radius 1 is 0.923 bits per heavy atom. The SMILES string of the molecule is O=C(CNC(=O)Cc1ccccc1F)NCCc1c[nH]c2ccccc12. The van der Waals surface area contributed by atoms with Gasteiger partial charge in [0.05, 0.1) is 13.0 Å². The van der Waals surface area contributed by atoms with Crippen molar-refractivity contribution in [3.8, 4) is 0 Å². The topological polar surface area (TPSA) is 74.0 Å². The average molecular weight is 353 g/mol. The van der Waals surface area contributed by atoms with E-state index in [-0.39, 0.29) is 24.8 Å². The van der Waals surface area contributed by atoms with Crippen molar-refractivity contribution >= 4 is 22.7 Å². The maximum Gasteiger partial charge on any atom is 0.239 e. The lowest BCUT2D eigenvalue weighted by atomic mass is 10.1. The van der Waals surface area contributed by atoms with Crippen LogP contribution in [0.4, 0.5) is 4.39 Å². The zero-order valence-electron chi connectivity index (χ0n) is 14.2. The van der Waals surface area contributed by atoms with E-state index in [4.69, 9.17) is 0 Å². The van der Waals surface area contributed by atoms with Crippen molar-refractivity contribution < 1.29 is 14.0 Å². The third kappa shape index (κ3) is 4.47. The van der Waals surface area contributed by atoms with Crippen molar-refractivity contribution in [3.05, 3.63) is 71.7 Å². The van der Waals surface area contributed by atoms with Gasteiger partial charge in [-0.15, -0.1) is 0 Å². The lowest BCUT2D eigenvalue weighted by Gasteiger charge is -2.07. The fraction of sp³-hybridized carbons (Fsp3) is 0.200. The number of carbonyl (C=O) groups is 2. The van der Waals surface area contributed by atoms with Gasteiger partial charge in [0.25, 0.3) is 0 Å². The highest BCUT2D eigenvalue weighted by Crippen LogP contribution is 2.17. The molecule has 0 unspecified atom stereocenters.